The molecule has 1 saturated heterocycles. The van der Waals surface area contributed by atoms with E-state index in [1.165, 1.54) is 18.2 Å². The van der Waals surface area contributed by atoms with Crippen molar-refractivity contribution in [3.8, 4) is 0 Å². The van der Waals surface area contributed by atoms with Crippen LogP contribution in [0.25, 0.3) is 0 Å². The highest BCUT2D eigenvalue weighted by atomic mass is 79.9. The van der Waals surface area contributed by atoms with Crippen LogP contribution in [0.2, 0.25) is 0 Å². The number of likely N-dealkylation sites (tertiary alicyclic amines) is 1. The average Bonchev–Trinajstić information content (AvgIpc) is 2.32. The Morgan fingerprint density at radius 3 is 2.59 bits per heavy atom. The van der Waals surface area contributed by atoms with E-state index in [1.807, 2.05) is 0 Å². The van der Waals surface area contributed by atoms with Crippen LogP contribution >= 0.6 is 15.9 Å². The second kappa shape index (κ2) is 4.96. The number of carbonyl (C=O) groups excluding carboxylic acids is 2. The molecule has 0 N–H and O–H groups in total. The van der Waals surface area contributed by atoms with E-state index in [0.717, 1.165) is 0 Å². The van der Waals surface area contributed by atoms with Crippen molar-refractivity contribution in [2.24, 2.45) is 0 Å². The lowest BCUT2D eigenvalue weighted by atomic mass is 10.1. The molecule has 5 heteroatoms. The molecular formula is C12H11BrFNO2. The minimum atomic E-state index is -0.440. The molecular weight excluding hydrogens is 289 g/mol. The van der Waals surface area contributed by atoms with E-state index in [2.05, 4.69) is 15.9 Å². The summed E-state index contributed by atoms with van der Waals surface area (Å²) in [5, 5.41) is 0. The zero-order chi connectivity index (χ0) is 12.4. The molecule has 90 valence electrons. The molecule has 0 saturated carbocycles. The Kier molecular flexibility index (Phi) is 3.57. The van der Waals surface area contributed by atoms with Crippen LogP contribution in [-0.2, 0) is 4.79 Å². The molecule has 1 aliphatic rings. The summed E-state index contributed by atoms with van der Waals surface area (Å²) < 4.78 is 13.7. The van der Waals surface area contributed by atoms with Crippen LogP contribution in [0.3, 0.4) is 0 Å². The predicted octanol–water partition coefficient (Wildman–Crippen LogP) is 2.39. The van der Waals surface area contributed by atoms with Crippen molar-refractivity contribution >= 4 is 27.6 Å². The standard InChI is InChI=1S/C12H11BrFNO2/c13-11-2-1-8(14)7-10(11)12(17)15-5-3-9(16)4-6-15/h1-2,7H,3-6H2. The number of carbonyl (C=O) groups is 2. The molecule has 1 amide bonds. The lowest BCUT2D eigenvalue weighted by Gasteiger charge is -2.26. The molecule has 1 heterocycles. The van der Waals surface area contributed by atoms with Crippen LogP contribution in [0.4, 0.5) is 4.39 Å². The molecule has 0 aromatic heterocycles. The lowest BCUT2D eigenvalue weighted by molar-refractivity contribution is -0.120. The Morgan fingerprint density at radius 2 is 1.94 bits per heavy atom. The minimum absolute atomic E-state index is 0.173. The van der Waals surface area contributed by atoms with E-state index >= 15 is 0 Å². The molecule has 1 aromatic rings. The van der Waals surface area contributed by atoms with Crippen LogP contribution < -0.4 is 0 Å². The van der Waals surface area contributed by atoms with Gasteiger partial charge in [-0.1, -0.05) is 0 Å². The first-order chi connectivity index (χ1) is 8.08. The molecule has 2 rings (SSSR count). The topological polar surface area (TPSA) is 37.4 Å². The summed E-state index contributed by atoms with van der Waals surface area (Å²) in [5.74, 6) is -0.499. The number of rotatable bonds is 1. The average molecular weight is 300 g/mol. The number of benzene rings is 1. The molecule has 1 aliphatic heterocycles. The van der Waals surface area contributed by atoms with Gasteiger partial charge in [-0.15, -0.1) is 0 Å². The molecule has 3 nitrogen and oxygen atoms in total. The monoisotopic (exact) mass is 299 g/mol. The van der Waals surface area contributed by atoms with Crippen LogP contribution in [0, 0.1) is 5.82 Å². The Labute approximate surface area is 107 Å². The highest BCUT2D eigenvalue weighted by Crippen LogP contribution is 2.21. The van der Waals surface area contributed by atoms with Crippen molar-refractivity contribution in [2.75, 3.05) is 13.1 Å². The van der Waals surface area contributed by atoms with Gasteiger partial charge < -0.3 is 4.90 Å². The van der Waals surface area contributed by atoms with Crippen LogP contribution in [-0.4, -0.2) is 29.7 Å². The first kappa shape index (κ1) is 12.2. The van der Waals surface area contributed by atoms with E-state index in [0.29, 0.717) is 36.0 Å². The van der Waals surface area contributed by atoms with Crippen molar-refractivity contribution in [2.45, 2.75) is 12.8 Å². The number of hydrogen-bond acceptors (Lipinski definition) is 2. The fraction of sp³-hybridized carbons (Fsp3) is 0.333. The van der Waals surface area contributed by atoms with Gasteiger partial charge in [0.1, 0.15) is 11.6 Å². The maximum atomic E-state index is 13.1. The Balaban J connectivity index is 2.19. The largest absolute Gasteiger partial charge is 0.338 e. The molecule has 1 fully saturated rings. The third-order valence-electron chi connectivity index (χ3n) is 2.77. The fourth-order valence-corrected chi connectivity index (χ4v) is 2.21. The third kappa shape index (κ3) is 2.72. The van der Waals surface area contributed by atoms with Gasteiger partial charge in [0.25, 0.3) is 5.91 Å². The van der Waals surface area contributed by atoms with Gasteiger partial charge in [0.2, 0.25) is 0 Å². The summed E-state index contributed by atoms with van der Waals surface area (Å²) in [5.41, 5.74) is 0.305. The van der Waals surface area contributed by atoms with Gasteiger partial charge in [-0.3, -0.25) is 9.59 Å². The quantitative estimate of drug-likeness (QED) is 0.798. The number of Topliss-reactive ketones (excluding diaryl/α,β-unsaturated/α-hetero) is 1. The highest BCUT2D eigenvalue weighted by Gasteiger charge is 2.23. The van der Waals surface area contributed by atoms with Gasteiger partial charge in [-0.2, -0.15) is 0 Å². The molecule has 0 bridgehead atoms. The lowest BCUT2D eigenvalue weighted by Crippen LogP contribution is -2.38. The summed E-state index contributed by atoms with van der Waals surface area (Å²) in [6, 6.07) is 4.01. The Morgan fingerprint density at radius 1 is 1.29 bits per heavy atom. The normalized spacial score (nSPS) is 16.1. The number of halogens is 2. The number of piperidine rings is 1. The maximum Gasteiger partial charge on any atom is 0.255 e. The van der Waals surface area contributed by atoms with E-state index in [4.69, 9.17) is 0 Å². The van der Waals surface area contributed by atoms with Crippen molar-refractivity contribution in [1.29, 1.82) is 0 Å². The van der Waals surface area contributed by atoms with E-state index in [1.54, 1.807) is 4.90 Å². The van der Waals surface area contributed by atoms with Gasteiger partial charge >= 0.3 is 0 Å². The molecule has 0 atom stereocenters. The zero-order valence-electron chi connectivity index (χ0n) is 9.08. The molecule has 0 spiro atoms. The van der Waals surface area contributed by atoms with Crippen molar-refractivity contribution in [1.82, 2.24) is 4.90 Å². The van der Waals surface area contributed by atoms with Crippen molar-refractivity contribution in [3.63, 3.8) is 0 Å². The van der Waals surface area contributed by atoms with E-state index < -0.39 is 5.82 Å². The summed E-state index contributed by atoms with van der Waals surface area (Å²) in [4.78, 5) is 24.8. The van der Waals surface area contributed by atoms with Gasteiger partial charge in [-0.25, -0.2) is 4.39 Å². The smallest absolute Gasteiger partial charge is 0.255 e. The third-order valence-corrected chi connectivity index (χ3v) is 3.46. The van der Waals surface area contributed by atoms with Crippen molar-refractivity contribution in [3.05, 3.63) is 34.1 Å². The SMILES string of the molecule is O=C1CCN(C(=O)c2cc(F)ccc2Br)CC1. The van der Waals surface area contributed by atoms with Gasteiger partial charge in [-0.05, 0) is 34.1 Å². The second-order valence-electron chi connectivity index (χ2n) is 3.96. The number of nitrogens with zero attached hydrogens (tertiary/aromatic N) is 1. The molecule has 0 unspecified atom stereocenters. The number of hydrogen-bond donors (Lipinski definition) is 0. The fourth-order valence-electron chi connectivity index (χ4n) is 1.79. The first-order valence-electron chi connectivity index (χ1n) is 5.34. The van der Waals surface area contributed by atoms with Crippen LogP contribution in [0.1, 0.15) is 23.2 Å². The van der Waals surface area contributed by atoms with E-state index in [-0.39, 0.29) is 11.7 Å². The molecule has 1 aromatic carbocycles. The number of ketones is 1. The Bertz CT molecular complexity index is 466. The van der Waals surface area contributed by atoms with Gasteiger partial charge in [0, 0.05) is 30.4 Å². The maximum absolute atomic E-state index is 13.1. The molecule has 0 radical (unpaired) electrons. The first-order valence-corrected chi connectivity index (χ1v) is 6.13. The predicted molar refractivity (Wildman–Crippen MR) is 64.2 cm³/mol. The second-order valence-corrected chi connectivity index (χ2v) is 4.81. The molecule has 0 aliphatic carbocycles. The van der Waals surface area contributed by atoms with Gasteiger partial charge in [0.15, 0.2) is 0 Å². The Hall–Kier alpha value is -1.23. The van der Waals surface area contributed by atoms with Crippen LogP contribution in [0.5, 0.6) is 0 Å². The van der Waals surface area contributed by atoms with Crippen molar-refractivity contribution < 1.29 is 14.0 Å². The van der Waals surface area contributed by atoms with Crippen LogP contribution in [0.15, 0.2) is 22.7 Å². The summed E-state index contributed by atoms with van der Waals surface area (Å²) in [6.45, 7) is 0.835. The minimum Gasteiger partial charge on any atom is -0.338 e. The summed E-state index contributed by atoms with van der Waals surface area (Å²) in [7, 11) is 0. The summed E-state index contributed by atoms with van der Waals surface area (Å²) >= 11 is 3.23. The summed E-state index contributed by atoms with van der Waals surface area (Å²) in [6.07, 6.45) is 0.775. The van der Waals surface area contributed by atoms with E-state index in [9.17, 15) is 14.0 Å². The van der Waals surface area contributed by atoms with Gasteiger partial charge in [0.05, 0.1) is 5.56 Å². The number of amides is 1. The highest BCUT2D eigenvalue weighted by molar-refractivity contribution is 9.10. The zero-order valence-corrected chi connectivity index (χ0v) is 10.7. The molecule has 17 heavy (non-hydrogen) atoms.